The van der Waals surface area contributed by atoms with E-state index in [1.165, 1.54) is 35.2 Å². The molecule has 1 aliphatic heterocycles. The zero-order chi connectivity index (χ0) is 29.3. The van der Waals surface area contributed by atoms with Crippen molar-refractivity contribution < 1.29 is 23.9 Å². The zero-order valence-electron chi connectivity index (χ0n) is 21.1. The number of allylic oxidation sites excluding steroid dienone is 3. The Morgan fingerprint density at radius 2 is 2.05 bits per heavy atom. The number of nitrogens with zero attached hydrogens (tertiary/aromatic N) is 4. The number of carbonyl (C=O) groups excluding carboxylic acids is 2. The molecule has 1 atom stereocenters. The summed E-state index contributed by atoms with van der Waals surface area (Å²) in [6.45, 7) is 0. The van der Waals surface area contributed by atoms with Gasteiger partial charge in [-0.3, -0.25) is 14.5 Å². The van der Waals surface area contributed by atoms with E-state index in [2.05, 4.69) is 21.6 Å². The third-order valence-electron chi connectivity index (χ3n) is 6.52. The van der Waals surface area contributed by atoms with Crippen LogP contribution in [0.15, 0.2) is 69.5 Å². The van der Waals surface area contributed by atoms with E-state index in [1.54, 1.807) is 12.1 Å². The van der Waals surface area contributed by atoms with Crippen molar-refractivity contribution in [3.63, 3.8) is 0 Å². The Balaban J connectivity index is 1.39. The Morgan fingerprint density at radius 1 is 1.27 bits per heavy atom. The number of aromatic nitrogens is 2. The van der Waals surface area contributed by atoms with Gasteiger partial charge in [0.25, 0.3) is 0 Å². The standard InChI is InChI=1S/C27H20ClFN6O4S2/c28-17-9-8-13(10-15(17)25(38)39)32-21(37)12-40-27-34-33-26(41-27)35-19-6-3-7-20(36)23(19)22(16(11-30)24(35)31)14-4-1-2-5-18(14)29/h1-2,4-5,8-10,22H,3,6-7,12,31H2,(H,32,37)(H,38,39). The number of Topliss-reactive ketones (excluding diaryl/α,β-unsaturated/α-hetero) is 1. The summed E-state index contributed by atoms with van der Waals surface area (Å²) in [6, 6.07) is 12.2. The van der Waals surface area contributed by atoms with Crippen molar-refractivity contribution in [3.8, 4) is 6.07 Å². The number of carboxylic acid groups (broad SMARTS) is 1. The molecular formula is C27H20ClFN6O4S2. The normalized spacial score (nSPS) is 16.9. The number of nitrogens with two attached hydrogens (primary N) is 1. The topological polar surface area (TPSA) is 162 Å². The van der Waals surface area contributed by atoms with Crippen molar-refractivity contribution in [1.29, 1.82) is 5.26 Å². The highest BCUT2D eigenvalue weighted by Gasteiger charge is 2.42. The number of benzene rings is 2. The molecule has 1 aromatic heterocycles. The molecule has 4 N–H and O–H groups in total. The Bertz CT molecular complexity index is 1700. The molecule has 1 aliphatic carbocycles. The van der Waals surface area contributed by atoms with Crippen LogP contribution in [0.4, 0.5) is 15.2 Å². The molecule has 2 aromatic carbocycles. The van der Waals surface area contributed by atoms with Crippen LogP contribution in [-0.2, 0) is 9.59 Å². The van der Waals surface area contributed by atoms with Crippen molar-refractivity contribution in [2.45, 2.75) is 29.5 Å². The summed E-state index contributed by atoms with van der Waals surface area (Å²) >= 11 is 8.09. The monoisotopic (exact) mass is 610 g/mol. The molecular weight excluding hydrogens is 591 g/mol. The molecule has 10 nitrogen and oxygen atoms in total. The number of hydrogen-bond acceptors (Lipinski definition) is 10. The first kappa shape index (κ1) is 28.3. The van der Waals surface area contributed by atoms with Crippen LogP contribution in [0.2, 0.25) is 5.02 Å². The molecule has 5 rings (SSSR count). The third kappa shape index (κ3) is 5.54. The second-order valence-corrected chi connectivity index (χ2v) is 11.6. The lowest BCUT2D eigenvalue weighted by atomic mass is 9.75. The van der Waals surface area contributed by atoms with E-state index in [9.17, 15) is 29.1 Å². The van der Waals surface area contributed by atoms with Gasteiger partial charge in [0.05, 0.1) is 33.9 Å². The molecule has 0 saturated carbocycles. The number of ketones is 1. The summed E-state index contributed by atoms with van der Waals surface area (Å²) in [5, 5.41) is 30.6. The zero-order valence-corrected chi connectivity index (χ0v) is 23.4. The quantitative estimate of drug-likeness (QED) is 0.308. The van der Waals surface area contributed by atoms with Crippen LogP contribution in [0, 0.1) is 17.1 Å². The molecule has 0 bridgehead atoms. The fraction of sp³-hybridized carbons (Fsp3) is 0.185. The Hall–Kier alpha value is -4.25. The second-order valence-electron chi connectivity index (χ2n) is 9.02. The number of nitrogens with one attached hydrogen (secondary N) is 1. The second kappa shape index (κ2) is 11.7. The number of nitriles is 1. The average Bonchev–Trinajstić information content (AvgIpc) is 3.41. The van der Waals surface area contributed by atoms with Crippen LogP contribution in [-0.4, -0.2) is 38.7 Å². The first-order valence-electron chi connectivity index (χ1n) is 12.2. The lowest BCUT2D eigenvalue weighted by molar-refractivity contribution is -0.116. The van der Waals surface area contributed by atoms with Gasteiger partial charge in [0, 0.05) is 28.9 Å². The van der Waals surface area contributed by atoms with Crippen LogP contribution in [0.1, 0.15) is 41.1 Å². The summed E-state index contributed by atoms with van der Waals surface area (Å²) < 4.78 is 15.3. The number of carboxylic acids is 1. The Morgan fingerprint density at radius 3 is 2.78 bits per heavy atom. The van der Waals surface area contributed by atoms with E-state index < -0.39 is 23.6 Å². The van der Waals surface area contributed by atoms with Gasteiger partial charge in [-0.05, 0) is 37.1 Å². The van der Waals surface area contributed by atoms with Gasteiger partial charge in [0.15, 0.2) is 10.1 Å². The minimum absolute atomic E-state index is 0.0385. The molecule has 0 spiro atoms. The van der Waals surface area contributed by atoms with Crippen molar-refractivity contribution in [3.05, 3.63) is 87.1 Å². The molecule has 0 saturated heterocycles. The highest BCUT2D eigenvalue weighted by molar-refractivity contribution is 8.01. The molecule has 1 amide bonds. The molecule has 2 heterocycles. The van der Waals surface area contributed by atoms with Crippen LogP contribution in [0.5, 0.6) is 0 Å². The molecule has 41 heavy (non-hydrogen) atoms. The van der Waals surface area contributed by atoms with Gasteiger partial charge < -0.3 is 16.2 Å². The maximum Gasteiger partial charge on any atom is 0.337 e. The minimum atomic E-state index is -1.22. The van der Waals surface area contributed by atoms with Gasteiger partial charge >= 0.3 is 5.97 Å². The van der Waals surface area contributed by atoms with E-state index in [4.69, 9.17) is 17.3 Å². The van der Waals surface area contributed by atoms with Crippen molar-refractivity contribution in [2.75, 3.05) is 16.0 Å². The highest BCUT2D eigenvalue weighted by Crippen LogP contribution is 2.47. The number of halogens is 2. The van der Waals surface area contributed by atoms with Crippen LogP contribution < -0.4 is 16.0 Å². The summed E-state index contributed by atoms with van der Waals surface area (Å²) in [5.74, 6) is -3.31. The predicted molar refractivity (Wildman–Crippen MR) is 152 cm³/mol. The Kier molecular flexibility index (Phi) is 8.07. The number of rotatable bonds is 7. The highest BCUT2D eigenvalue weighted by atomic mass is 35.5. The number of anilines is 2. The van der Waals surface area contributed by atoms with Crippen LogP contribution in [0.25, 0.3) is 0 Å². The number of hydrogen-bond donors (Lipinski definition) is 3. The average molecular weight is 611 g/mol. The van der Waals surface area contributed by atoms with Crippen molar-refractivity contribution in [1.82, 2.24) is 10.2 Å². The van der Waals surface area contributed by atoms with E-state index in [1.807, 2.05) is 0 Å². The van der Waals surface area contributed by atoms with Gasteiger partial charge in [-0.2, -0.15) is 5.26 Å². The molecule has 3 aromatic rings. The lowest BCUT2D eigenvalue weighted by Gasteiger charge is -2.38. The maximum atomic E-state index is 14.9. The van der Waals surface area contributed by atoms with Gasteiger partial charge in [-0.15, -0.1) is 10.2 Å². The first-order valence-corrected chi connectivity index (χ1v) is 14.4. The molecule has 14 heteroatoms. The van der Waals surface area contributed by atoms with Crippen LogP contribution >= 0.6 is 34.7 Å². The summed E-state index contributed by atoms with van der Waals surface area (Å²) in [4.78, 5) is 38.5. The predicted octanol–water partition coefficient (Wildman–Crippen LogP) is 5.06. The first-order chi connectivity index (χ1) is 19.7. The van der Waals surface area contributed by atoms with E-state index in [0.717, 1.165) is 23.1 Å². The van der Waals surface area contributed by atoms with Gasteiger partial charge in [-0.25, -0.2) is 9.18 Å². The maximum absolute atomic E-state index is 14.9. The molecule has 1 unspecified atom stereocenters. The minimum Gasteiger partial charge on any atom is -0.478 e. The Labute approximate surface area is 246 Å². The molecule has 0 radical (unpaired) electrons. The van der Waals surface area contributed by atoms with Gasteiger partial charge in [-0.1, -0.05) is 52.9 Å². The third-order valence-corrected chi connectivity index (χ3v) is 8.90. The fourth-order valence-electron chi connectivity index (χ4n) is 4.77. The number of amides is 1. The summed E-state index contributed by atoms with van der Waals surface area (Å²) in [7, 11) is 0. The number of thioether (sulfide) groups is 1. The number of carbonyl (C=O) groups is 3. The van der Waals surface area contributed by atoms with Gasteiger partial charge in [0.2, 0.25) is 11.0 Å². The van der Waals surface area contributed by atoms with Crippen molar-refractivity contribution >= 4 is 63.2 Å². The molecule has 0 fully saturated rings. The molecule has 2 aliphatic rings. The van der Waals surface area contributed by atoms with Gasteiger partial charge in [0.1, 0.15) is 11.6 Å². The van der Waals surface area contributed by atoms with E-state index in [0.29, 0.717) is 33.6 Å². The van der Waals surface area contributed by atoms with Crippen LogP contribution in [0.3, 0.4) is 0 Å². The largest absolute Gasteiger partial charge is 0.478 e. The fourth-order valence-corrected chi connectivity index (χ4v) is 6.65. The van der Waals surface area contributed by atoms with E-state index in [-0.39, 0.29) is 51.2 Å². The molecule has 208 valence electrons. The smallest absolute Gasteiger partial charge is 0.337 e. The summed E-state index contributed by atoms with van der Waals surface area (Å²) in [5.41, 5.74) is 7.73. The van der Waals surface area contributed by atoms with E-state index >= 15 is 0 Å². The lowest BCUT2D eigenvalue weighted by Crippen LogP contribution is -2.38. The SMILES string of the molecule is N#CC1=C(N)N(c2nnc(SCC(=O)Nc3ccc(Cl)c(C(=O)O)c3)s2)C2=C(C(=O)CCC2)C1c1ccccc1F. The number of aromatic carboxylic acids is 1. The van der Waals surface area contributed by atoms with Crippen molar-refractivity contribution in [2.24, 2.45) is 5.73 Å². The summed E-state index contributed by atoms with van der Waals surface area (Å²) in [6.07, 6.45) is 1.29.